The van der Waals surface area contributed by atoms with Gasteiger partial charge in [0.25, 0.3) is 0 Å². The Bertz CT molecular complexity index is 169. The number of ether oxygens (including phenoxy) is 1. The third-order valence-corrected chi connectivity index (χ3v) is 4.68. The SMILES string of the molecule is CCC1(C)C(Br)CC1OCC(C)C. The van der Waals surface area contributed by atoms with Crippen LogP contribution >= 0.6 is 15.9 Å². The third-order valence-electron chi connectivity index (χ3n) is 3.26. The van der Waals surface area contributed by atoms with Gasteiger partial charge in [0, 0.05) is 16.8 Å². The molecule has 0 radical (unpaired) electrons. The van der Waals surface area contributed by atoms with Gasteiger partial charge in [0.15, 0.2) is 0 Å². The Morgan fingerprint density at radius 3 is 2.54 bits per heavy atom. The predicted molar refractivity (Wildman–Crippen MR) is 60.3 cm³/mol. The number of alkyl halides is 1. The second-order valence-corrected chi connectivity index (χ2v) is 5.88. The van der Waals surface area contributed by atoms with Crippen molar-refractivity contribution >= 4 is 15.9 Å². The lowest BCUT2D eigenvalue weighted by Crippen LogP contribution is -2.53. The van der Waals surface area contributed by atoms with E-state index in [4.69, 9.17) is 4.74 Å². The van der Waals surface area contributed by atoms with E-state index < -0.39 is 0 Å². The molecule has 0 amide bonds. The summed E-state index contributed by atoms with van der Waals surface area (Å²) in [6, 6.07) is 0. The van der Waals surface area contributed by atoms with E-state index >= 15 is 0 Å². The average Bonchev–Trinajstić information content (AvgIpc) is 2.10. The first-order valence-corrected chi connectivity index (χ1v) is 6.18. The van der Waals surface area contributed by atoms with E-state index in [-0.39, 0.29) is 0 Å². The van der Waals surface area contributed by atoms with Gasteiger partial charge in [-0.3, -0.25) is 0 Å². The molecule has 0 N–H and O–H groups in total. The highest BCUT2D eigenvalue weighted by molar-refractivity contribution is 9.09. The highest BCUT2D eigenvalue weighted by atomic mass is 79.9. The minimum absolute atomic E-state index is 0.370. The highest BCUT2D eigenvalue weighted by Crippen LogP contribution is 2.50. The van der Waals surface area contributed by atoms with Crippen LogP contribution in [0.2, 0.25) is 0 Å². The Morgan fingerprint density at radius 1 is 1.54 bits per heavy atom. The van der Waals surface area contributed by atoms with Gasteiger partial charge in [-0.15, -0.1) is 0 Å². The van der Waals surface area contributed by atoms with Crippen molar-refractivity contribution in [2.75, 3.05) is 6.61 Å². The van der Waals surface area contributed by atoms with Crippen LogP contribution in [0.3, 0.4) is 0 Å². The second-order valence-electron chi connectivity index (χ2n) is 4.78. The topological polar surface area (TPSA) is 9.23 Å². The maximum absolute atomic E-state index is 5.89. The predicted octanol–water partition coefficient (Wildman–Crippen LogP) is 3.61. The van der Waals surface area contributed by atoms with Crippen molar-refractivity contribution in [3.05, 3.63) is 0 Å². The number of hydrogen-bond donors (Lipinski definition) is 0. The van der Waals surface area contributed by atoms with E-state index in [0.29, 0.717) is 22.3 Å². The van der Waals surface area contributed by atoms with Gasteiger partial charge in [-0.05, 0) is 18.8 Å². The van der Waals surface area contributed by atoms with Crippen molar-refractivity contribution in [2.45, 2.75) is 51.5 Å². The fourth-order valence-electron chi connectivity index (χ4n) is 1.78. The zero-order chi connectivity index (χ0) is 10.1. The van der Waals surface area contributed by atoms with Crippen LogP contribution in [0.1, 0.15) is 40.5 Å². The van der Waals surface area contributed by atoms with Crippen molar-refractivity contribution in [1.82, 2.24) is 0 Å². The highest BCUT2D eigenvalue weighted by Gasteiger charge is 2.49. The van der Waals surface area contributed by atoms with Crippen molar-refractivity contribution in [3.8, 4) is 0 Å². The van der Waals surface area contributed by atoms with Gasteiger partial charge in [0.1, 0.15) is 0 Å². The Labute approximate surface area is 90.4 Å². The van der Waals surface area contributed by atoms with Crippen molar-refractivity contribution in [3.63, 3.8) is 0 Å². The normalized spacial score (nSPS) is 39.2. The van der Waals surface area contributed by atoms with Crippen molar-refractivity contribution in [1.29, 1.82) is 0 Å². The molecule has 1 aliphatic carbocycles. The van der Waals surface area contributed by atoms with Crippen LogP contribution in [0.15, 0.2) is 0 Å². The monoisotopic (exact) mass is 248 g/mol. The Balaban J connectivity index is 2.37. The Morgan fingerprint density at radius 2 is 2.15 bits per heavy atom. The van der Waals surface area contributed by atoms with E-state index in [1.807, 2.05) is 0 Å². The fraction of sp³-hybridized carbons (Fsp3) is 1.00. The van der Waals surface area contributed by atoms with Gasteiger partial charge < -0.3 is 4.74 Å². The lowest BCUT2D eigenvalue weighted by molar-refractivity contribution is -0.103. The smallest absolute Gasteiger partial charge is 0.0650 e. The molecule has 0 saturated heterocycles. The van der Waals surface area contributed by atoms with Gasteiger partial charge in [-0.25, -0.2) is 0 Å². The third kappa shape index (κ3) is 2.27. The molecular formula is C11H21BrO. The number of halogens is 1. The van der Waals surface area contributed by atoms with Crippen molar-refractivity contribution in [2.24, 2.45) is 11.3 Å². The number of rotatable bonds is 4. The maximum atomic E-state index is 5.89. The van der Waals surface area contributed by atoms with Crippen LogP contribution < -0.4 is 0 Å². The zero-order valence-electron chi connectivity index (χ0n) is 9.14. The molecule has 13 heavy (non-hydrogen) atoms. The molecule has 0 aromatic rings. The molecular weight excluding hydrogens is 228 g/mol. The average molecular weight is 249 g/mol. The molecule has 1 aliphatic rings. The fourth-order valence-corrected chi connectivity index (χ4v) is 2.74. The van der Waals surface area contributed by atoms with E-state index in [0.717, 1.165) is 6.61 Å². The molecule has 3 atom stereocenters. The molecule has 0 aromatic carbocycles. The molecule has 0 heterocycles. The lowest BCUT2D eigenvalue weighted by Gasteiger charge is -2.51. The van der Waals surface area contributed by atoms with Gasteiger partial charge >= 0.3 is 0 Å². The zero-order valence-corrected chi connectivity index (χ0v) is 10.7. The molecule has 3 unspecified atom stereocenters. The van der Waals surface area contributed by atoms with Crippen LogP contribution in [0, 0.1) is 11.3 Å². The molecule has 1 fully saturated rings. The van der Waals surface area contributed by atoms with Crippen LogP contribution in [0.4, 0.5) is 0 Å². The molecule has 78 valence electrons. The quantitative estimate of drug-likeness (QED) is 0.691. The first-order chi connectivity index (χ1) is 6.00. The van der Waals surface area contributed by atoms with E-state index in [2.05, 4.69) is 43.6 Å². The van der Waals surface area contributed by atoms with Crippen LogP contribution in [-0.4, -0.2) is 17.5 Å². The van der Waals surface area contributed by atoms with Gasteiger partial charge in [-0.1, -0.05) is 43.6 Å². The first kappa shape index (κ1) is 11.5. The Hall–Kier alpha value is 0.440. The summed E-state index contributed by atoms with van der Waals surface area (Å²) in [5, 5.41) is 0. The molecule has 0 aromatic heterocycles. The molecule has 0 aliphatic heterocycles. The standard InChI is InChI=1S/C11H21BrO/c1-5-11(4)9(12)6-10(11)13-7-8(2)3/h8-10H,5-7H2,1-4H3. The van der Waals surface area contributed by atoms with Crippen LogP contribution in [0.25, 0.3) is 0 Å². The van der Waals surface area contributed by atoms with Crippen molar-refractivity contribution < 1.29 is 4.74 Å². The largest absolute Gasteiger partial charge is 0.377 e. The Kier molecular flexibility index (Phi) is 3.82. The summed E-state index contributed by atoms with van der Waals surface area (Å²) in [4.78, 5) is 0.655. The maximum Gasteiger partial charge on any atom is 0.0650 e. The van der Waals surface area contributed by atoms with Gasteiger partial charge in [-0.2, -0.15) is 0 Å². The molecule has 2 heteroatoms. The summed E-state index contributed by atoms with van der Waals surface area (Å²) in [7, 11) is 0. The summed E-state index contributed by atoms with van der Waals surface area (Å²) in [5.41, 5.74) is 0.370. The van der Waals surface area contributed by atoms with Gasteiger partial charge in [0.2, 0.25) is 0 Å². The minimum atomic E-state index is 0.370. The molecule has 0 bridgehead atoms. The molecule has 0 spiro atoms. The van der Waals surface area contributed by atoms with E-state index in [1.165, 1.54) is 12.8 Å². The van der Waals surface area contributed by atoms with Gasteiger partial charge in [0.05, 0.1) is 6.10 Å². The van der Waals surface area contributed by atoms with Crippen LogP contribution in [-0.2, 0) is 4.74 Å². The molecule has 1 nitrogen and oxygen atoms in total. The molecule has 1 rings (SSSR count). The summed E-state index contributed by atoms with van der Waals surface area (Å²) < 4.78 is 5.89. The summed E-state index contributed by atoms with van der Waals surface area (Å²) in [6.07, 6.45) is 2.85. The minimum Gasteiger partial charge on any atom is -0.377 e. The van der Waals surface area contributed by atoms with E-state index in [1.54, 1.807) is 0 Å². The summed E-state index contributed by atoms with van der Waals surface area (Å²) >= 11 is 3.71. The molecule has 1 saturated carbocycles. The second kappa shape index (κ2) is 4.31. The first-order valence-electron chi connectivity index (χ1n) is 5.26. The number of hydrogen-bond acceptors (Lipinski definition) is 1. The van der Waals surface area contributed by atoms with E-state index in [9.17, 15) is 0 Å². The summed E-state index contributed by atoms with van der Waals surface area (Å²) in [5.74, 6) is 0.649. The van der Waals surface area contributed by atoms with Crippen LogP contribution in [0.5, 0.6) is 0 Å². The summed E-state index contributed by atoms with van der Waals surface area (Å²) in [6.45, 7) is 9.88. The lowest BCUT2D eigenvalue weighted by atomic mass is 9.65.